The van der Waals surface area contributed by atoms with Gasteiger partial charge in [0.05, 0.1) is 10.6 Å². The molecule has 5 heteroatoms. The molecular formula is C16H13Cl2NO2. The SMILES string of the molecule is Cl.O=C(O)c1ccc2c(c1)C(c1ccncc1Cl)=CCC2. The number of halogens is 2. The second-order valence-electron chi connectivity index (χ2n) is 4.69. The third-order valence-corrected chi connectivity index (χ3v) is 3.77. The minimum atomic E-state index is -0.918. The largest absolute Gasteiger partial charge is 0.478 e. The van der Waals surface area contributed by atoms with Crippen LogP contribution in [0.25, 0.3) is 5.57 Å². The molecular weight excluding hydrogens is 309 g/mol. The van der Waals surface area contributed by atoms with Crippen LogP contribution < -0.4 is 0 Å². The Morgan fingerprint density at radius 2 is 2.05 bits per heavy atom. The highest BCUT2D eigenvalue weighted by molar-refractivity contribution is 6.32. The third-order valence-electron chi connectivity index (χ3n) is 3.47. The van der Waals surface area contributed by atoms with Gasteiger partial charge in [0.15, 0.2) is 0 Å². The number of allylic oxidation sites excluding steroid dienone is 1. The topological polar surface area (TPSA) is 50.2 Å². The summed E-state index contributed by atoms with van der Waals surface area (Å²) in [5.74, 6) is -0.918. The number of rotatable bonds is 2. The van der Waals surface area contributed by atoms with Crippen molar-refractivity contribution >= 4 is 35.6 Å². The summed E-state index contributed by atoms with van der Waals surface area (Å²) < 4.78 is 0. The molecule has 0 saturated carbocycles. The van der Waals surface area contributed by atoms with Crippen LogP contribution in [0, 0.1) is 0 Å². The predicted molar refractivity (Wildman–Crippen MR) is 85.3 cm³/mol. The van der Waals surface area contributed by atoms with E-state index in [2.05, 4.69) is 11.1 Å². The number of hydrogen-bond acceptors (Lipinski definition) is 2. The molecule has 2 aromatic rings. The maximum atomic E-state index is 11.1. The van der Waals surface area contributed by atoms with Crippen LogP contribution >= 0.6 is 24.0 Å². The second kappa shape index (κ2) is 6.29. The van der Waals surface area contributed by atoms with E-state index in [1.807, 2.05) is 12.1 Å². The molecule has 1 heterocycles. The monoisotopic (exact) mass is 321 g/mol. The molecule has 0 unspecified atom stereocenters. The van der Waals surface area contributed by atoms with Gasteiger partial charge in [-0.15, -0.1) is 12.4 Å². The van der Waals surface area contributed by atoms with Crippen LogP contribution in [0.15, 0.2) is 42.7 Å². The Labute approximate surface area is 133 Å². The van der Waals surface area contributed by atoms with Gasteiger partial charge in [0, 0.05) is 18.0 Å². The van der Waals surface area contributed by atoms with Gasteiger partial charge in [-0.2, -0.15) is 0 Å². The Balaban J connectivity index is 0.00000161. The minimum Gasteiger partial charge on any atom is -0.478 e. The lowest BCUT2D eigenvalue weighted by atomic mass is 9.86. The first-order valence-corrected chi connectivity index (χ1v) is 6.71. The van der Waals surface area contributed by atoms with Crippen molar-refractivity contribution in [2.24, 2.45) is 0 Å². The smallest absolute Gasteiger partial charge is 0.335 e. The number of carboxylic acid groups (broad SMARTS) is 1. The summed E-state index contributed by atoms with van der Waals surface area (Å²) in [6, 6.07) is 7.12. The van der Waals surface area contributed by atoms with Crippen molar-refractivity contribution in [3.05, 3.63) is 70.0 Å². The number of hydrogen-bond donors (Lipinski definition) is 1. The van der Waals surface area contributed by atoms with Crippen LogP contribution in [-0.2, 0) is 6.42 Å². The molecule has 0 amide bonds. The van der Waals surface area contributed by atoms with E-state index in [0.29, 0.717) is 10.6 Å². The zero-order chi connectivity index (χ0) is 14.1. The molecule has 3 nitrogen and oxygen atoms in total. The lowest BCUT2D eigenvalue weighted by Crippen LogP contribution is -2.05. The van der Waals surface area contributed by atoms with E-state index in [-0.39, 0.29) is 12.4 Å². The van der Waals surface area contributed by atoms with Crippen molar-refractivity contribution in [3.63, 3.8) is 0 Å². The Morgan fingerprint density at radius 3 is 2.76 bits per heavy atom. The number of aromatic nitrogens is 1. The highest BCUT2D eigenvalue weighted by atomic mass is 35.5. The van der Waals surface area contributed by atoms with Crippen LogP contribution in [0.4, 0.5) is 0 Å². The molecule has 0 aliphatic heterocycles. The zero-order valence-corrected chi connectivity index (χ0v) is 12.6. The van der Waals surface area contributed by atoms with E-state index in [4.69, 9.17) is 16.7 Å². The number of aromatic carboxylic acids is 1. The van der Waals surface area contributed by atoms with Crippen molar-refractivity contribution in [2.45, 2.75) is 12.8 Å². The first-order chi connectivity index (χ1) is 9.66. The highest BCUT2D eigenvalue weighted by Gasteiger charge is 2.18. The summed E-state index contributed by atoms with van der Waals surface area (Å²) >= 11 is 6.21. The fraction of sp³-hybridized carbons (Fsp3) is 0.125. The van der Waals surface area contributed by atoms with Crippen LogP contribution in [-0.4, -0.2) is 16.1 Å². The number of benzene rings is 1. The van der Waals surface area contributed by atoms with Crippen molar-refractivity contribution in [1.29, 1.82) is 0 Å². The summed E-state index contributed by atoms with van der Waals surface area (Å²) in [6.07, 6.45) is 7.24. The number of carbonyl (C=O) groups is 1. The standard InChI is InChI=1S/C16H12ClNO2.ClH/c17-15-9-18-7-6-13(15)12-3-1-2-10-4-5-11(16(19)20)8-14(10)12;/h3-9H,1-2H2,(H,19,20);1H. The number of aryl methyl sites for hydroxylation is 1. The van der Waals surface area contributed by atoms with E-state index in [1.54, 1.807) is 24.5 Å². The first-order valence-electron chi connectivity index (χ1n) is 6.33. The maximum absolute atomic E-state index is 11.1. The summed E-state index contributed by atoms with van der Waals surface area (Å²) in [6.45, 7) is 0. The van der Waals surface area contributed by atoms with E-state index >= 15 is 0 Å². The fourth-order valence-corrected chi connectivity index (χ4v) is 2.73. The van der Waals surface area contributed by atoms with Crippen LogP contribution in [0.1, 0.15) is 33.5 Å². The van der Waals surface area contributed by atoms with Gasteiger partial charge >= 0.3 is 5.97 Å². The molecule has 0 saturated heterocycles. The molecule has 108 valence electrons. The normalized spacial score (nSPS) is 12.9. The van der Waals surface area contributed by atoms with Gasteiger partial charge < -0.3 is 5.11 Å². The van der Waals surface area contributed by atoms with E-state index < -0.39 is 5.97 Å². The first kappa shape index (κ1) is 15.5. The number of pyridine rings is 1. The predicted octanol–water partition coefficient (Wildman–Crippen LogP) is 4.23. The van der Waals surface area contributed by atoms with Crippen LogP contribution in [0.5, 0.6) is 0 Å². The van der Waals surface area contributed by atoms with Crippen LogP contribution in [0.3, 0.4) is 0 Å². The highest BCUT2D eigenvalue weighted by Crippen LogP contribution is 2.35. The van der Waals surface area contributed by atoms with Gasteiger partial charge in [0.1, 0.15) is 0 Å². The molecule has 1 N–H and O–H groups in total. The molecule has 0 fully saturated rings. The summed E-state index contributed by atoms with van der Waals surface area (Å²) in [4.78, 5) is 15.1. The molecule has 0 spiro atoms. The molecule has 0 bridgehead atoms. The van der Waals surface area contributed by atoms with Crippen LogP contribution in [0.2, 0.25) is 5.02 Å². The summed E-state index contributed by atoms with van der Waals surface area (Å²) in [5, 5.41) is 9.72. The van der Waals surface area contributed by atoms with Crippen molar-refractivity contribution in [3.8, 4) is 0 Å². The molecule has 1 aliphatic rings. The number of fused-ring (bicyclic) bond motifs is 1. The van der Waals surface area contributed by atoms with Gasteiger partial charge in [-0.25, -0.2) is 4.79 Å². The van der Waals surface area contributed by atoms with Crippen molar-refractivity contribution in [1.82, 2.24) is 4.98 Å². The van der Waals surface area contributed by atoms with E-state index in [0.717, 1.165) is 35.1 Å². The molecule has 1 aromatic heterocycles. The van der Waals surface area contributed by atoms with Gasteiger partial charge in [-0.05, 0) is 47.7 Å². The molecule has 1 aromatic carbocycles. The minimum absolute atomic E-state index is 0. The van der Waals surface area contributed by atoms with E-state index in [1.165, 1.54) is 0 Å². The van der Waals surface area contributed by atoms with Crippen molar-refractivity contribution < 1.29 is 9.90 Å². The number of nitrogens with zero attached hydrogens (tertiary/aromatic N) is 1. The van der Waals surface area contributed by atoms with Gasteiger partial charge in [-0.3, -0.25) is 4.98 Å². The average molecular weight is 322 g/mol. The van der Waals surface area contributed by atoms with Gasteiger partial charge in [0.2, 0.25) is 0 Å². The third kappa shape index (κ3) is 2.94. The van der Waals surface area contributed by atoms with E-state index in [9.17, 15) is 4.79 Å². The molecule has 0 radical (unpaired) electrons. The van der Waals surface area contributed by atoms with Gasteiger partial charge in [-0.1, -0.05) is 23.7 Å². The molecule has 3 rings (SSSR count). The Hall–Kier alpha value is -1.84. The quantitative estimate of drug-likeness (QED) is 0.900. The lowest BCUT2D eigenvalue weighted by Gasteiger charge is -2.19. The molecule has 1 aliphatic carbocycles. The molecule has 0 atom stereocenters. The maximum Gasteiger partial charge on any atom is 0.335 e. The Morgan fingerprint density at radius 1 is 1.24 bits per heavy atom. The van der Waals surface area contributed by atoms with Crippen molar-refractivity contribution in [2.75, 3.05) is 0 Å². The number of carboxylic acids is 1. The summed E-state index contributed by atoms with van der Waals surface area (Å²) in [7, 11) is 0. The average Bonchev–Trinajstić information content (AvgIpc) is 2.46. The Kier molecular flexibility index (Phi) is 4.66. The van der Waals surface area contributed by atoms with Gasteiger partial charge in [0.25, 0.3) is 0 Å². The molecule has 21 heavy (non-hydrogen) atoms. The zero-order valence-electron chi connectivity index (χ0n) is 11.0. The Bertz CT molecular complexity index is 726. The lowest BCUT2D eigenvalue weighted by molar-refractivity contribution is 0.0697. The fourth-order valence-electron chi connectivity index (χ4n) is 2.51. The summed E-state index contributed by atoms with van der Waals surface area (Å²) in [5.41, 5.74) is 4.28. The second-order valence-corrected chi connectivity index (χ2v) is 5.10.